The topological polar surface area (TPSA) is 160 Å². The summed E-state index contributed by atoms with van der Waals surface area (Å²) in [5, 5.41) is 5.16. The summed E-state index contributed by atoms with van der Waals surface area (Å²) < 4.78 is 9.39. The fraction of sp³-hybridized carbons (Fsp3) is 0.364. The van der Waals surface area contributed by atoms with Gasteiger partial charge in [0.15, 0.2) is 0 Å². The number of carbonyl (C=O) groups is 4. The minimum Gasteiger partial charge on any atom is -0.465 e. The first-order valence-electron chi connectivity index (χ1n) is 10.6. The number of esters is 2. The number of fused-ring (bicyclic) bond motifs is 1. The predicted octanol–water partition coefficient (Wildman–Crippen LogP) is 1.01. The van der Waals surface area contributed by atoms with E-state index in [1.54, 1.807) is 0 Å². The van der Waals surface area contributed by atoms with Crippen LogP contribution in [0.5, 0.6) is 0 Å². The summed E-state index contributed by atoms with van der Waals surface area (Å²) in [6, 6.07) is 3.91. The number of benzene rings is 1. The molecule has 4 rings (SSSR count). The van der Waals surface area contributed by atoms with Crippen LogP contribution in [0.3, 0.4) is 0 Å². The van der Waals surface area contributed by atoms with Crippen LogP contribution in [-0.4, -0.2) is 61.0 Å². The SMILES string of the molecule is COC(=O)c1cc(NC(=O)C2CC(=O)Nc3nc(N4CCCC4)[nH]c(=O)c32)cc(C(=O)OC)c1. The number of nitrogens with one attached hydrogen (secondary N) is 3. The lowest BCUT2D eigenvalue weighted by Crippen LogP contribution is -2.37. The number of nitrogens with zero attached hydrogens (tertiary/aromatic N) is 2. The lowest BCUT2D eigenvalue weighted by Gasteiger charge is -2.25. The summed E-state index contributed by atoms with van der Waals surface area (Å²) in [5.41, 5.74) is -0.364. The maximum Gasteiger partial charge on any atom is 0.337 e. The molecule has 2 aliphatic heterocycles. The van der Waals surface area contributed by atoms with Gasteiger partial charge in [0.05, 0.1) is 36.8 Å². The van der Waals surface area contributed by atoms with Crippen LogP contribution in [0.4, 0.5) is 17.5 Å². The molecule has 0 spiro atoms. The van der Waals surface area contributed by atoms with Gasteiger partial charge in [0.2, 0.25) is 17.8 Å². The van der Waals surface area contributed by atoms with Crippen LogP contribution < -0.4 is 21.1 Å². The zero-order chi connectivity index (χ0) is 24.4. The van der Waals surface area contributed by atoms with Gasteiger partial charge in [0.25, 0.3) is 5.56 Å². The zero-order valence-electron chi connectivity index (χ0n) is 18.6. The second-order valence-corrected chi connectivity index (χ2v) is 7.92. The van der Waals surface area contributed by atoms with Crippen molar-refractivity contribution in [2.75, 3.05) is 42.8 Å². The molecule has 0 radical (unpaired) electrons. The van der Waals surface area contributed by atoms with E-state index in [9.17, 15) is 24.0 Å². The fourth-order valence-corrected chi connectivity index (χ4v) is 4.06. The van der Waals surface area contributed by atoms with Gasteiger partial charge in [-0.05, 0) is 31.0 Å². The van der Waals surface area contributed by atoms with Gasteiger partial charge in [0, 0.05) is 25.2 Å². The fourth-order valence-electron chi connectivity index (χ4n) is 4.06. The van der Waals surface area contributed by atoms with E-state index in [0.717, 1.165) is 25.9 Å². The molecule has 2 aromatic rings. The number of methoxy groups -OCH3 is 2. The van der Waals surface area contributed by atoms with Crippen LogP contribution in [0.1, 0.15) is 51.5 Å². The van der Waals surface area contributed by atoms with Crippen LogP contribution in [0.2, 0.25) is 0 Å². The van der Waals surface area contributed by atoms with Crippen LogP contribution in [0.25, 0.3) is 0 Å². The van der Waals surface area contributed by atoms with Gasteiger partial charge >= 0.3 is 11.9 Å². The molecule has 12 heteroatoms. The zero-order valence-corrected chi connectivity index (χ0v) is 18.6. The first-order valence-corrected chi connectivity index (χ1v) is 10.6. The number of aromatic amines is 1. The molecular weight excluding hydrogens is 446 g/mol. The number of carbonyl (C=O) groups excluding carboxylic acids is 4. The molecule has 1 fully saturated rings. The summed E-state index contributed by atoms with van der Waals surface area (Å²) in [6.07, 6.45) is 1.67. The molecular formula is C22H23N5O7. The van der Waals surface area contributed by atoms with Gasteiger partial charge in [-0.2, -0.15) is 4.98 Å². The highest BCUT2D eigenvalue weighted by molar-refractivity contribution is 6.05. The lowest BCUT2D eigenvalue weighted by atomic mass is 9.92. The van der Waals surface area contributed by atoms with Crippen LogP contribution >= 0.6 is 0 Å². The van der Waals surface area contributed by atoms with E-state index < -0.39 is 35.2 Å². The van der Waals surface area contributed by atoms with Crippen molar-refractivity contribution in [1.29, 1.82) is 0 Å². The lowest BCUT2D eigenvalue weighted by molar-refractivity contribution is -0.123. The van der Waals surface area contributed by atoms with Crippen molar-refractivity contribution < 1.29 is 28.7 Å². The van der Waals surface area contributed by atoms with Crippen molar-refractivity contribution in [2.24, 2.45) is 0 Å². The van der Waals surface area contributed by atoms with Crippen LogP contribution in [0, 0.1) is 0 Å². The number of ether oxygens (including phenoxy) is 2. The summed E-state index contributed by atoms with van der Waals surface area (Å²) in [4.78, 5) is 71.4. The molecule has 0 bridgehead atoms. The number of hydrogen-bond acceptors (Lipinski definition) is 9. The van der Waals surface area contributed by atoms with E-state index >= 15 is 0 Å². The Kier molecular flexibility index (Phi) is 6.30. The Morgan fingerprint density at radius 3 is 2.24 bits per heavy atom. The number of anilines is 3. The second-order valence-electron chi connectivity index (χ2n) is 7.92. The van der Waals surface area contributed by atoms with Crippen molar-refractivity contribution >= 4 is 41.2 Å². The average molecular weight is 469 g/mol. The maximum atomic E-state index is 13.2. The number of aromatic nitrogens is 2. The third-order valence-corrected chi connectivity index (χ3v) is 5.70. The smallest absolute Gasteiger partial charge is 0.337 e. The van der Waals surface area contributed by atoms with Crippen LogP contribution in [-0.2, 0) is 19.1 Å². The molecule has 0 saturated carbocycles. The Bertz CT molecular complexity index is 1200. The minimum atomic E-state index is -1.13. The van der Waals surface area contributed by atoms with Gasteiger partial charge < -0.3 is 25.0 Å². The summed E-state index contributed by atoms with van der Waals surface area (Å²) in [5.74, 6) is -3.32. The molecule has 1 aromatic carbocycles. The molecule has 2 amide bonds. The Hall–Kier alpha value is -4.22. The monoisotopic (exact) mass is 469 g/mol. The molecule has 1 aromatic heterocycles. The molecule has 2 aliphatic rings. The maximum absolute atomic E-state index is 13.2. The Morgan fingerprint density at radius 2 is 1.65 bits per heavy atom. The van der Waals surface area contributed by atoms with Crippen molar-refractivity contribution in [3.05, 3.63) is 45.2 Å². The summed E-state index contributed by atoms with van der Waals surface area (Å²) in [6.45, 7) is 1.47. The van der Waals surface area contributed by atoms with E-state index in [1.165, 1.54) is 32.4 Å². The number of rotatable bonds is 5. The molecule has 0 aliphatic carbocycles. The third-order valence-electron chi connectivity index (χ3n) is 5.70. The second kappa shape index (κ2) is 9.33. The van der Waals surface area contributed by atoms with Gasteiger partial charge in [0.1, 0.15) is 5.82 Å². The standard InChI is InChI=1S/C22H23N5O7/c1-33-20(31)11-7-12(21(32)34-2)9-13(8-11)23-18(29)14-10-15(28)24-17-16(14)19(30)26-22(25-17)27-5-3-4-6-27/h7-9,14H,3-6,10H2,1-2H3,(H,23,29)(H2,24,25,26,28,30). The molecule has 1 saturated heterocycles. The van der Waals surface area contributed by atoms with Crippen molar-refractivity contribution in [3.63, 3.8) is 0 Å². The quantitative estimate of drug-likeness (QED) is 0.543. The molecule has 3 N–H and O–H groups in total. The number of H-pyrrole nitrogens is 1. The van der Waals surface area contributed by atoms with E-state index in [4.69, 9.17) is 9.47 Å². The molecule has 34 heavy (non-hydrogen) atoms. The summed E-state index contributed by atoms with van der Waals surface area (Å²) >= 11 is 0. The Balaban J connectivity index is 1.67. The van der Waals surface area contributed by atoms with Gasteiger partial charge in [-0.15, -0.1) is 0 Å². The summed E-state index contributed by atoms with van der Waals surface area (Å²) in [7, 11) is 2.36. The molecule has 12 nitrogen and oxygen atoms in total. The normalized spacial score (nSPS) is 16.9. The number of amides is 2. The van der Waals surface area contributed by atoms with Crippen LogP contribution in [0.15, 0.2) is 23.0 Å². The third kappa shape index (κ3) is 4.47. The predicted molar refractivity (Wildman–Crippen MR) is 120 cm³/mol. The highest BCUT2D eigenvalue weighted by Gasteiger charge is 2.35. The van der Waals surface area contributed by atoms with Crippen molar-refractivity contribution in [1.82, 2.24) is 9.97 Å². The molecule has 178 valence electrons. The first kappa shape index (κ1) is 23.0. The van der Waals surface area contributed by atoms with E-state index in [1.807, 2.05) is 4.90 Å². The molecule has 3 heterocycles. The number of hydrogen-bond donors (Lipinski definition) is 3. The van der Waals surface area contributed by atoms with E-state index in [-0.39, 0.29) is 34.6 Å². The largest absolute Gasteiger partial charge is 0.465 e. The highest BCUT2D eigenvalue weighted by atomic mass is 16.5. The van der Waals surface area contributed by atoms with Gasteiger partial charge in [-0.3, -0.25) is 19.4 Å². The van der Waals surface area contributed by atoms with Crippen molar-refractivity contribution in [3.8, 4) is 0 Å². The Morgan fingerprint density at radius 1 is 1.03 bits per heavy atom. The van der Waals surface area contributed by atoms with Crippen molar-refractivity contribution in [2.45, 2.75) is 25.2 Å². The van der Waals surface area contributed by atoms with E-state index in [2.05, 4.69) is 20.6 Å². The molecule has 1 atom stereocenters. The Labute approximate surface area is 193 Å². The average Bonchev–Trinajstić information content (AvgIpc) is 3.37. The minimum absolute atomic E-state index is 0.0113. The molecule has 1 unspecified atom stereocenters. The van der Waals surface area contributed by atoms with Gasteiger partial charge in [-0.1, -0.05) is 0 Å². The van der Waals surface area contributed by atoms with Gasteiger partial charge in [-0.25, -0.2) is 9.59 Å². The first-order chi connectivity index (χ1) is 16.3. The van der Waals surface area contributed by atoms with E-state index in [0.29, 0.717) is 5.95 Å². The highest BCUT2D eigenvalue weighted by Crippen LogP contribution is 2.31.